The minimum absolute atomic E-state index is 0.120. The molecule has 2 atom stereocenters. The molecule has 2 rings (SSSR count). The fourth-order valence-electron chi connectivity index (χ4n) is 3.34. The third-order valence-electron chi connectivity index (χ3n) is 4.23. The number of nitrogens with two attached hydrogens (primary N) is 1. The van der Waals surface area contributed by atoms with Gasteiger partial charge in [0.1, 0.15) is 0 Å². The molecule has 0 bridgehead atoms. The van der Waals surface area contributed by atoms with Crippen LogP contribution in [0.4, 0.5) is 0 Å². The Morgan fingerprint density at radius 3 is 2.75 bits per heavy atom. The lowest BCUT2D eigenvalue weighted by Gasteiger charge is -2.53. The van der Waals surface area contributed by atoms with Gasteiger partial charge in [0.2, 0.25) is 0 Å². The minimum Gasteiger partial charge on any atom is -0.381 e. The van der Waals surface area contributed by atoms with Gasteiger partial charge in [0, 0.05) is 31.8 Å². The van der Waals surface area contributed by atoms with E-state index in [1.165, 1.54) is 38.5 Å². The van der Waals surface area contributed by atoms with Crippen LogP contribution in [0.15, 0.2) is 0 Å². The second kappa shape index (κ2) is 5.03. The first-order valence-electron chi connectivity index (χ1n) is 6.72. The van der Waals surface area contributed by atoms with Crippen molar-refractivity contribution in [3.8, 4) is 0 Å². The third kappa shape index (κ3) is 2.58. The topological polar surface area (TPSA) is 38.5 Å². The molecule has 1 aliphatic heterocycles. The zero-order chi connectivity index (χ0) is 11.6. The molecule has 0 aromatic rings. The number of hydrogen-bond acceptors (Lipinski definition) is 3. The molecule has 0 spiro atoms. The maximum Gasteiger partial charge on any atom is 0.0586 e. The summed E-state index contributed by atoms with van der Waals surface area (Å²) in [5.41, 5.74) is 6.42. The highest BCUT2D eigenvalue weighted by molar-refractivity contribution is 5.02. The van der Waals surface area contributed by atoms with Crippen LogP contribution in [0.3, 0.4) is 0 Å². The van der Waals surface area contributed by atoms with Crippen molar-refractivity contribution in [2.45, 2.75) is 63.1 Å². The molecule has 3 nitrogen and oxygen atoms in total. The number of rotatable bonds is 4. The Hall–Kier alpha value is -0.120. The Kier molecular flexibility index (Phi) is 3.88. The molecule has 1 saturated heterocycles. The predicted octanol–water partition coefficient (Wildman–Crippen LogP) is 1.76. The number of ether oxygens (including phenoxy) is 1. The summed E-state index contributed by atoms with van der Waals surface area (Å²) < 4.78 is 5.48. The average Bonchev–Trinajstić information content (AvgIpc) is 2.26. The Morgan fingerprint density at radius 1 is 1.38 bits per heavy atom. The SMILES string of the molecule is CCCC1(N)CN(C2CCCC(OC)C2)C1. The molecule has 0 amide bonds. The molecule has 1 aliphatic carbocycles. The van der Waals surface area contributed by atoms with Gasteiger partial charge in [-0.1, -0.05) is 13.3 Å². The average molecular weight is 226 g/mol. The Bertz CT molecular complexity index is 226. The van der Waals surface area contributed by atoms with Gasteiger partial charge in [-0.3, -0.25) is 4.90 Å². The molecule has 1 heterocycles. The normalized spacial score (nSPS) is 34.7. The van der Waals surface area contributed by atoms with E-state index in [1.54, 1.807) is 0 Å². The maximum atomic E-state index is 6.30. The predicted molar refractivity (Wildman–Crippen MR) is 66.5 cm³/mol. The molecule has 0 aromatic heterocycles. The number of nitrogens with zero attached hydrogens (tertiary/aromatic N) is 1. The summed E-state index contributed by atoms with van der Waals surface area (Å²) in [7, 11) is 1.84. The van der Waals surface area contributed by atoms with Crippen LogP contribution in [0, 0.1) is 0 Å². The zero-order valence-electron chi connectivity index (χ0n) is 10.7. The molecule has 3 heteroatoms. The van der Waals surface area contributed by atoms with Crippen molar-refractivity contribution in [1.29, 1.82) is 0 Å². The Labute approximate surface area is 99.3 Å². The molecular weight excluding hydrogens is 200 g/mol. The van der Waals surface area contributed by atoms with Crippen LogP contribution in [0.25, 0.3) is 0 Å². The molecule has 0 radical (unpaired) electrons. The van der Waals surface area contributed by atoms with Crippen LogP contribution in [0.2, 0.25) is 0 Å². The lowest BCUT2D eigenvalue weighted by molar-refractivity contribution is -0.0273. The zero-order valence-corrected chi connectivity index (χ0v) is 10.7. The number of hydrogen-bond donors (Lipinski definition) is 1. The fraction of sp³-hybridized carbons (Fsp3) is 1.00. The lowest BCUT2D eigenvalue weighted by atomic mass is 9.81. The van der Waals surface area contributed by atoms with Crippen LogP contribution in [0.1, 0.15) is 45.4 Å². The first-order chi connectivity index (χ1) is 7.67. The first kappa shape index (κ1) is 12.3. The molecule has 2 aliphatic rings. The highest BCUT2D eigenvalue weighted by Gasteiger charge is 2.42. The van der Waals surface area contributed by atoms with Gasteiger partial charge in [-0.15, -0.1) is 0 Å². The molecular formula is C13H26N2O. The highest BCUT2D eigenvalue weighted by atomic mass is 16.5. The fourth-order valence-corrected chi connectivity index (χ4v) is 3.34. The van der Waals surface area contributed by atoms with Gasteiger partial charge in [-0.05, 0) is 32.1 Å². The molecule has 2 unspecified atom stereocenters. The molecule has 2 N–H and O–H groups in total. The maximum absolute atomic E-state index is 6.30. The second-order valence-electron chi connectivity index (χ2n) is 5.70. The van der Waals surface area contributed by atoms with Crippen molar-refractivity contribution >= 4 is 0 Å². The molecule has 16 heavy (non-hydrogen) atoms. The lowest BCUT2D eigenvalue weighted by Crippen LogP contribution is -2.69. The monoisotopic (exact) mass is 226 g/mol. The van der Waals surface area contributed by atoms with Gasteiger partial charge in [0.15, 0.2) is 0 Å². The van der Waals surface area contributed by atoms with E-state index in [2.05, 4.69) is 11.8 Å². The van der Waals surface area contributed by atoms with Crippen LogP contribution >= 0.6 is 0 Å². The van der Waals surface area contributed by atoms with Crippen molar-refractivity contribution in [1.82, 2.24) is 4.90 Å². The molecule has 1 saturated carbocycles. The smallest absolute Gasteiger partial charge is 0.0586 e. The van der Waals surface area contributed by atoms with Crippen LogP contribution < -0.4 is 5.73 Å². The summed E-state index contributed by atoms with van der Waals surface area (Å²) in [5.74, 6) is 0. The summed E-state index contributed by atoms with van der Waals surface area (Å²) in [6, 6.07) is 0.729. The van der Waals surface area contributed by atoms with E-state index >= 15 is 0 Å². The van der Waals surface area contributed by atoms with E-state index in [1.807, 2.05) is 7.11 Å². The minimum atomic E-state index is 0.120. The van der Waals surface area contributed by atoms with Gasteiger partial charge in [0.05, 0.1) is 6.10 Å². The van der Waals surface area contributed by atoms with Gasteiger partial charge >= 0.3 is 0 Å². The quantitative estimate of drug-likeness (QED) is 0.794. The van der Waals surface area contributed by atoms with Gasteiger partial charge < -0.3 is 10.5 Å². The van der Waals surface area contributed by atoms with Crippen LogP contribution in [-0.4, -0.2) is 42.8 Å². The van der Waals surface area contributed by atoms with Crippen molar-refractivity contribution < 1.29 is 4.74 Å². The third-order valence-corrected chi connectivity index (χ3v) is 4.23. The summed E-state index contributed by atoms with van der Waals surface area (Å²) in [5, 5.41) is 0. The number of methoxy groups -OCH3 is 1. The van der Waals surface area contributed by atoms with Crippen molar-refractivity contribution in [3.05, 3.63) is 0 Å². The summed E-state index contributed by atoms with van der Waals surface area (Å²) in [6.07, 6.45) is 7.95. The van der Waals surface area contributed by atoms with E-state index in [0.717, 1.165) is 19.1 Å². The summed E-state index contributed by atoms with van der Waals surface area (Å²) >= 11 is 0. The standard InChI is InChI=1S/C13H26N2O/c1-3-7-13(14)9-15(10-13)11-5-4-6-12(8-11)16-2/h11-12H,3-10,14H2,1-2H3. The molecule has 0 aromatic carbocycles. The van der Waals surface area contributed by atoms with E-state index in [-0.39, 0.29) is 5.54 Å². The largest absolute Gasteiger partial charge is 0.381 e. The summed E-state index contributed by atoms with van der Waals surface area (Å²) in [4.78, 5) is 2.57. The molecule has 2 fully saturated rings. The number of likely N-dealkylation sites (tertiary alicyclic amines) is 1. The van der Waals surface area contributed by atoms with Crippen molar-refractivity contribution in [2.75, 3.05) is 20.2 Å². The van der Waals surface area contributed by atoms with Crippen LogP contribution in [0.5, 0.6) is 0 Å². The van der Waals surface area contributed by atoms with E-state index in [4.69, 9.17) is 10.5 Å². The Balaban J connectivity index is 1.78. The summed E-state index contributed by atoms with van der Waals surface area (Å²) in [6.45, 7) is 4.42. The van der Waals surface area contributed by atoms with E-state index in [9.17, 15) is 0 Å². The second-order valence-corrected chi connectivity index (χ2v) is 5.70. The van der Waals surface area contributed by atoms with Gasteiger partial charge in [-0.25, -0.2) is 0 Å². The highest BCUT2D eigenvalue weighted by Crippen LogP contribution is 2.32. The van der Waals surface area contributed by atoms with Crippen molar-refractivity contribution in [2.24, 2.45) is 5.73 Å². The van der Waals surface area contributed by atoms with E-state index < -0.39 is 0 Å². The first-order valence-corrected chi connectivity index (χ1v) is 6.72. The van der Waals surface area contributed by atoms with E-state index in [0.29, 0.717) is 6.10 Å². The Morgan fingerprint density at radius 2 is 2.12 bits per heavy atom. The molecule has 94 valence electrons. The van der Waals surface area contributed by atoms with Crippen LogP contribution in [-0.2, 0) is 4.74 Å². The van der Waals surface area contributed by atoms with Crippen molar-refractivity contribution in [3.63, 3.8) is 0 Å². The van der Waals surface area contributed by atoms with Gasteiger partial charge in [-0.2, -0.15) is 0 Å². The van der Waals surface area contributed by atoms with Gasteiger partial charge in [0.25, 0.3) is 0 Å².